The van der Waals surface area contributed by atoms with Crippen LogP contribution in [0.4, 0.5) is 5.69 Å². The second kappa shape index (κ2) is 10.8. The minimum Gasteiger partial charge on any atom is -0.506 e. The van der Waals surface area contributed by atoms with Crippen LogP contribution >= 0.6 is 0 Å². The summed E-state index contributed by atoms with van der Waals surface area (Å²) in [6.07, 6.45) is 5.93. The number of ketones is 2. The van der Waals surface area contributed by atoms with E-state index in [1.54, 1.807) is 36.7 Å². The van der Waals surface area contributed by atoms with E-state index >= 15 is 0 Å². The summed E-state index contributed by atoms with van der Waals surface area (Å²) in [4.78, 5) is 27.6. The van der Waals surface area contributed by atoms with Crippen LogP contribution in [0.15, 0.2) is 65.6 Å². The molecular formula is C21H23N3O3Pt+2. The number of nitrogens with zero attached hydrogens (tertiary/aromatic N) is 3. The average molecular weight is 561 g/mol. The number of pyridine rings is 1. The Labute approximate surface area is 179 Å². The van der Waals surface area contributed by atoms with E-state index in [4.69, 9.17) is 0 Å². The number of benzene rings is 1. The number of aromatic nitrogens is 1. The predicted molar refractivity (Wildman–Crippen MR) is 104 cm³/mol. The number of Topliss-reactive ketones (excluding diaryl/α,β-unsaturated/α-hetero) is 2. The fourth-order valence-corrected chi connectivity index (χ4v) is 2.68. The third-order valence-electron chi connectivity index (χ3n) is 4.02. The summed E-state index contributed by atoms with van der Waals surface area (Å²) < 4.78 is 0. The zero-order valence-corrected chi connectivity index (χ0v) is 18.1. The number of rotatable bonds is 3. The van der Waals surface area contributed by atoms with Crippen molar-refractivity contribution in [3.05, 3.63) is 60.9 Å². The molecule has 2 aromatic rings. The standard InChI is InChI=1S/C14H16N2O3.C7H7N.Pt/c1-14(2)7-11(18)13(12(19)8-14)16-15-9-5-3-4-6-10(9)17;1-2-7-3-5-8-6-4-7;/h3-6,13,17H,7-8H2,1-2H3;2-6H,1H2;/q;;+2. The molecule has 7 heteroatoms. The Morgan fingerprint density at radius 2 is 1.68 bits per heavy atom. The van der Waals surface area contributed by atoms with Crippen LogP contribution in [0, 0.1) is 5.41 Å². The quantitative estimate of drug-likeness (QED) is 0.441. The van der Waals surface area contributed by atoms with Gasteiger partial charge in [-0.15, -0.1) is 0 Å². The van der Waals surface area contributed by atoms with Crippen molar-refractivity contribution in [3.8, 4) is 5.75 Å². The molecule has 1 aliphatic carbocycles. The van der Waals surface area contributed by atoms with E-state index in [1.807, 2.05) is 26.0 Å². The van der Waals surface area contributed by atoms with Gasteiger partial charge in [0.2, 0.25) is 0 Å². The Morgan fingerprint density at radius 1 is 1.11 bits per heavy atom. The summed E-state index contributed by atoms with van der Waals surface area (Å²) in [6, 6.07) is 9.20. The first kappa shape index (κ1) is 23.6. The molecule has 1 N–H and O–H groups in total. The molecule has 1 aromatic carbocycles. The van der Waals surface area contributed by atoms with E-state index in [2.05, 4.69) is 21.8 Å². The SMILES string of the molecule is C=Cc1ccncc1.CC1(C)CC(=O)C(N=Nc2ccccc2O)C(=O)C1.[Pt+2]. The van der Waals surface area contributed by atoms with Crippen molar-refractivity contribution < 1.29 is 35.8 Å². The van der Waals surface area contributed by atoms with Gasteiger partial charge >= 0.3 is 21.1 Å². The van der Waals surface area contributed by atoms with Crippen LogP contribution in [-0.4, -0.2) is 27.7 Å². The molecule has 1 saturated carbocycles. The number of phenols is 1. The summed E-state index contributed by atoms with van der Waals surface area (Å²) in [5, 5.41) is 17.2. The number of azo groups is 1. The molecule has 1 aromatic heterocycles. The molecule has 1 heterocycles. The first-order valence-corrected chi connectivity index (χ1v) is 8.59. The Kier molecular flexibility index (Phi) is 9.06. The number of carbonyl (C=O) groups is 2. The molecule has 0 amide bonds. The zero-order chi connectivity index (χ0) is 19.9. The fourth-order valence-electron chi connectivity index (χ4n) is 2.68. The summed E-state index contributed by atoms with van der Waals surface area (Å²) in [5.41, 5.74) is 1.07. The molecule has 148 valence electrons. The van der Waals surface area contributed by atoms with Gasteiger partial charge in [-0.1, -0.05) is 38.6 Å². The number of hydrogen-bond donors (Lipinski definition) is 1. The van der Waals surface area contributed by atoms with Crippen LogP contribution < -0.4 is 0 Å². The minimum atomic E-state index is -1.02. The van der Waals surface area contributed by atoms with Crippen molar-refractivity contribution in [2.75, 3.05) is 0 Å². The van der Waals surface area contributed by atoms with E-state index < -0.39 is 6.04 Å². The van der Waals surface area contributed by atoms with Gasteiger partial charge in [-0.2, -0.15) is 10.2 Å². The van der Waals surface area contributed by atoms with E-state index in [1.165, 1.54) is 6.07 Å². The second-order valence-corrected chi connectivity index (χ2v) is 7.04. The van der Waals surface area contributed by atoms with Crippen LogP contribution in [0.2, 0.25) is 0 Å². The van der Waals surface area contributed by atoms with Gasteiger partial charge in [-0.25, -0.2) is 0 Å². The van der Waals surface area contributed by atoms with Gasteiger partial charge in [0.05, 0.1) is 0 Å². The Morgan fingerprint density at radius 3 is 2.18 bits per heavy atom. The van der Waals surface area contributed by atoms with Gasteiger partial charge in [0.1, 0.15) is 11.4 Å². The number of aromatic hydroxyl groups is 1. The maximum Gasteiger partial charge on any atom is 2.00 e. The van der Waals surface area contributed by atoms with Crippen molar-refractivity contribution in [2.24, 2.45) is 15.6 Å². The summed E-state index contributed by atoms with van der Waals surface area (Å²) in [7, 11) is 0. The van der Waals surface area contributed by atoms with Crippen LogP contribution in [0.25, 0.3) is 6.08 Å². The zero-order valence-electron chi connectivity index (χ0n) is 15.8. The Hall–Kier alpha value is -2.46. The monoisotopic (exact) mass is 560 g/mol. The van der Waals surface area contributed by atoms with Crippen molar-refractivity contribution >= 4 is 23.3 Å². The number of para-hydroxylation sites is 1. The van der Waals surface area contributed by atoms with E-state index in [-0.39, 0.29) is 49.5 Å². The summed E-state index contributed by atoms with van der Waals surface area (Å²) >= 11 is 0. The molecule has 3 rings (SSSR count). The van der Waals surface area contributed by atoms with Crippen molar-refractivity contribution in [1.29, 1.82) is 0 Å². The average Bonchev–Trinajstić information content (AvgIpc) is 2.63. The molecule has 0 bridgehead atoms. The number of hydrogen-bond acceptors (Lipinski definition) is 6. The third kappa shape index (κ3) is 6.93. The van der Waals surface area contributed by atoms with E-state index in [0.29, 0.717) is 12.8 Å². The second-order valence-electron chi connectivity index (χ2n) is 7.04. The van der Waals surface area contributed by atoms with Gasteiger partial charge in [0.15, 0.2) is 17.6 Å². The van der Waals surface area contributed by atoms with Gasteiger partial charge in [0.25, 0.3) is 0 Å². The number of phenolic OH excluding ortho intramolecular Hbond substituents is 1. The van der Waals surface area contributed by atoms with Crippen LogP contribution in [-0.2, 0) is 30.7 Å². The first-order valence-electron chi connectivity index (χ1n) is 8.59. The number of carbonyl (C=O) groups excluding carboxylic acids is 2. The normalized spacial score (nSPS) is 16.1. The third-order valence-corrected chi connectivity index (χ3v) is 4.02. The molecule has 0 aliphatic heterocycles. The predicted octanol–water partition coefficient (Wildman–Crippen LogP) is 4.52. The molecule has 28 heavy (non-hydrogen) atoms. The minimum absolute atomic E-state index is 0. The smallest absolute Gasteiger partial charge is 0.506 e. The molecule has 0 radical (unpaired) electrons. The first-order chi connectivity index (χ1) is 12.8. The summed E-state index contributed by atoms with van der Waals surface area (Å²) in [6.45, 7) is 7.38. The van der Waals surface area contributed by atoms with Gasteiger partial charge in [-0.3, -0.25) is 14.6 Å². The summed E-state index contributed by atoms with van der Waals surface area (Å²) in [5.74, 6) is -0.442. The largest absolute Gasteiger partial charge is 2.00 e. The van der Waals surface area contributed by atoms with Gasteiger partial charge in [0, 0.05) is 25.2 Å². The van der Waals surface area contributed by atoms with Crippen molar-refractivity contribution in [3.63, 3.8) is 0 Å². The molecule has 0 spiro atoms. The molecule has 1 fully saturated rings. The molecule has 1 aliphatic rings. The van der Waals surface area contributed by atoms with E-state index in [9.17, 15) is 14.7 Å². The molecular weight excluding hydrogens is 537 g/mol. The van der Waals surface area contributed by atoms with Crippen LogP contribution in [0.5, 0.6) is 5.75 Å². The van der Waals surface area contributed by atoms with Crippen LogP contribution in [0.3, 0.4) is 0 Å². The molecule has 0 atom stereocenters. The maximum atomic E-state index is 11.9. The van der Waals surface area contributed by atoms with Crippen LogP contribution in [0.1, 0.15) is 32.3 Å². The van der Waals surface area contributed by atoms with Crippen molar-refractivity contribution in [1.82, 2.24) is 4.98 Å². The van der Waals surface area contributed by atoms with Crippen molar-refractivity contribution in [2.45, 2.75) is 32.7 Å². The Balaban J connectivity index is 0.000000367. The maximum absolute atomic E-state index is 11.9. The van der Waals surface area contributed by atoms with Gasteiger partial charge < -0.3 is 5.11 Å². The Bertz CT molecular complexity index is 831. The van der Waals surface area contributed by atoms with E-state index in [0.717, 1.165) is 5.56 Å². The fraction of sp³-hybridized carbons (Fsp3) is 0.286. The topological polar surface area (TPSA) is 92.0 Å². The molecule has 0 unspecified atom stereocenters. The molecule has 6 nitrogen and oxygen atoms in total. The van der Waals surface area contributed by atoms with Gasteiger partial charge in [-0.05, 0) is 35.2 Å². The molecule has 0 saturated heterocycles.